The molecule has 0 spiro atoms. The van der Waals surface area contributed by atoms with Gasteiger partial charge in [-0.3, -0.25) is 0 Å². The van der Waals surface area contributed by atoms with E-state index < -0.39 is 0 Å². The first-order valence-electron chi connectivity index (χ1n) is 7.70. The highest BCUT2D eigenvalue weighted by atomic mass is 19.1. The third-order valence-corrected chi connectivity index (χ3v) is 3.30. The van der Waals surface area contributed by atoms with Crippen LogP contribution in [0.15, 0.2) is 48.5 Å². The van der Waals surface area contributed by atoms with Crippen molar-refractivity contribution in [2.75, 3.05) is 20.3 Å². The Labute approximate surface area is 140 Å². The molecule has 5 nitrogen and oxygen atoms in total. The summed E-state index contributed by atoms with van der Waals surface area (Å²) in [6, 6.07) is 13.1. The van der Waals surface area contributed by atoms with Crippen molar-refractivity contribution in [2.24, 2.45) is 0 Å². The second-order valence-corrected chi connectivity index (χ2v) is 5.11. The van der Waals surface area contributed by atoms with Gasteiger partial charge in [-0.15, -0.1) is 0 Å². The molecule has 0 saturated carbocycles. The fourth-order valence-electron chi connectivity index (χ4n) is 1.98. The lowest BCUT2D eigenvalue weighted by Crippen LogP contribution is -2.35. The molecule has 6 heteroatoms. The fourth-order valence-corrected chi connectivity index (χ4v) is 1.98. The molecule has 0 radical (unpaired) electrons. The number of halogens is 1. The first kappa shape index (κ1) is 17.6. The fraction of sp³-hybridized carbons (Fsp3) is 0.278. The Bertz CT molecular complexity index is 630. The van der Waals surface area contributed by atoms with Crippen LogP contribution in [0.1, 0.15) is 12.0 Å². The zero-order valence-electron chi connectivity index (χ0n) is 13.5. The van der Waals surface area contributed by atoms with Gasteiger partial charge >= 0.3 is 6.03 Å². The average molecular weight is 332 g/mol. The Morgan fingerprint density at radius 3 is 2.33 bits per heavy atom. The monoisotopic (exact) mass is 332 g/mol. The third kappa shape index (κ3) is 6.16. The molecular formula is C18H21FN2O3. The van der Waals surface area contributed by atoms with E-state index in [2.05, 4.69) is 10.6 Å². The third-order valence-electron chi connectivity index (χ3n) is 3.30. The topological polar surface area (TPSA) is 59.6 Å². The normalized spacial score (nSPS) is 10.1. The van der Waals surface area contributed by atoms with Gasteiger partial charge in [0.2, 0.25) is 0 Å². The van der Waals surface area contributed by atoms with Gasteiger partial charge in [-0.1, -0.05) is 12.1 Å². The van der Waals surface area contributed by atoms with Crippen molar-refractivity contribution in [1.29, 1.82) is 0 Å². The van der Waals surface area contributed by atoms with Gasteiger partial charge in [0.25, 0.3) is 0 Å². The van der Waals surface area contributed by atoms with Gasteiger partial charge in [0.1, 0.15) is 17.3 Å². The number of rotatable bonds is 8. The summed E-state index contributed by atoms with van der Waals surface area (Å²) < 4.78 is 23.3. The van der Waals surface area contributed by atoms with Crippen LogP contribution in [0.25, 0.3) is 0 Å². The van der Waals surface area contributed by atoms with Crippen molar-refractivity contribution < 1.29 is 18.7 Å². The van der Waals surface area contributed by atoms with Gasteiger partial charge in [0.05, 0.1) is 13.7 Å². The van der Waals surface area contributed by atoms with Crippen molar-refractivity contribution in [1.82, 2.24) is 10.6 Å². The smallest absolute Gasteiger partial charge is 0.315 e. The van der Waals surface area contributed by atoms with Crippen molar-refractivity contribution in [3.63, 3.8) is 0 Å². The zero-order valence-corrected chi connectivity index (χ0v) is 13.5. The molecule has 0 aliphatic carbocycles. The first-order valence-corrected chi connectivity index (χ1v) is 7.70. The Kier molecular flexibility index (Phi) is 6.89. The van der Waals surface area contributed by atoms with E-state index in [0.29, 0.717) is 31.9 Å². The van der Waals surface area contributed by atoms with E-state index in [-0.39, 0.29) is 11.8 Å². The van der Waals surface area contributed by atoms with Crippen molar-refractivity contribution in [2.45, 2.75) is 13.0 Å². The molecule has 2 amide bonds. The molecule has 0 heterocycles. The maximum Gasteiger partial charge on any atom is 0.315 e. The van der Waals surface area contributed by atoms with E-state index in [1.165, 1.54) is 12.1 Å². The number of carbonyl (C=O) groups is 1. The number of carbonyl (C=O) groups excluding carboxylic acids is 1. The highest BCUT2D eigenvalue weighted by Crippen LogP contribution is 2.11. The molecule has 0 saturated heterocycles. The van der Waals surface area contributed by atoms with E-state index in [1.54, 1.807) is 19.2 Å². The zero-order chi connectivity index (χ0) is 17.2. The highest BCUT2D eigenvalue weighted by Gasteiger charge is 2.01. The molecule has 0 bridgehead atoms. The lowest BCUT2D eigenvalue weighted by atomic mass is 10.2. The number of urea groups is 1. The van der Waals surface area contributed by atoms with Crippen LogP contribution in [-0.4, -0.2) is 26.3 Å². The van der Waals surface area contributed by atoms with Gasteiger partial charge in [-0.2, -0.15) is 0 Å². The lowest BCUT2D eigenvalue weighted by molar-refractivity contribution is 0.238. The van der Waals surface area contributed by atoms with Crippen LogP contribution in [0.4, 0.5) is 9.18 Å². The molecule has 0 aliphatic heterocycles. The summed E-state index contributed by atoms with van der Waals surface area (Å²) in [7, 11) is 1.61. The quantitative estimate of drug-likeness (QED) is 0.730. The summed E-state index contributed by atoms with van der Waals surface area (Å²) in [5.74, 6) is 1.10. The Morgan fingerprint density at radius 1 is 1.00 bits per heavy atom. The Balaban J connectivity index is 1.56. The van der Waals surface area contributed by atoms with E-state index in [4.69, 9.17) is 9.47 Å². The van der Waals surface area contributed by atoms with Crippen LogP contribution >= 0.6 is 0 Å². The van der Waals surface area contributed by atoms with Gasteiger partial charge < -0.3 is 20.1 Å². The lowest BCUT2D eigenvalue weighted by Gasteiger charge is -2.09. The van der Waals surface area contributed by atoms with Gasteiger partial charge in [0.15, 0.2) is 0 Å². The standard InChI is InChI=1S/C18H21FN2O3/c1-23-16-7-3-14(4-8-16)13-21-18(22)20-11-2-12-24-17-9-5-15(19)6-10-17/h3-10H,2,11-13H2,1H3,(H2,20,21,22). The molecule has 2 N–H and O–H groups in total. The molecule has 0 aromatic heterocycles. The number of hydrogen-bond donors (Lipinski definition) is 2. The second kappa shape index (κ2) is 9.39. The molecule has 0 atom stereocenters. The van der Waals surface area contributed by atoms with Crippen molar-refractivity contribution in [3.8, 4) is 11.5 Å². The number of nitrogens with one attached hydrogen (secondary N) is 2. The number of methoxy groups -OCH3 is 1. The Hall–Kier alpha value is -2.76. The molecule has 128 valence electrons. The SMILES string of the molecule is COc1ccc(CNC(=O)NCCCOc2ccc(F)cc2)cc1. The summed E-state index contributed by atoms with van der Waals surface area (Å²) >= 11 is 0. The van der Waals surface area contributed by atoms with Crippen molar-refractivity contribution >= 4 is 6.03 Å². The minimum absolute atomic E-state index is 0.229. The predicted octanol–water partition coefficient (Wildman–Crippen LogP) is 3.10. The molecule has 2 rings (SSSR count). The number of benzene rings is 2. The molecule has 24 heavy (non-hydrogen) atoms. The van der Waals surface area contributed by atoms with Crippen LogP contribution in [0, 0.1) is 5.82 Å². The molecule has 0 unspecified atom stereocenters. The molecule has 0 fully saturated rings. The van der Waals surface area contributed by atoms with Crippen LogP contribution in [0.3, 0.4) is 0 Å². The molecular weight excluding hydrogens is 311 g/mol. The average Bonchev–Trinajstić information content (AvgIpc) is 2.61. The number of amides is 2. The maximum atomic E-state index is 12.7. The van der Waals surface area contributed by atoms with Gasteiger partial charge in [-0.05, 0) is 48.4 Å². The predicted molar refractivity (Wildman–Crippen MR) is 89.7 cm³/mol. The highest BCUT2D eigenvalue weighted by molar-refractivity contribution is 5.73. The van der Waals surface area contributed by atoms with Crippen LogP contribution < -0.4 is 20.1 Å². The summed E-state index contributed by atoms with van der Waals surface area (Å²) in [5, 5.41) is 5.53. The summed E-state index contributed by atoms with van der Waals surface area (Å²) in [4.78, 5) is 11.7. The second-order valence-electron chi connectivity index (χ2n) is 5.11. The van der Waals surface area contributed by atoms with Crippen molar-refractivity contribution in [3.05, 3.63) is 59.9 Å². The summed E-state index contributed by atoms with van der Waals surface area (Å²) in [5.41, 5.74) is 0.991. The number of ether oxygens (including phenoxy) is 2. The number of hydrogen-bond acceptors (Lipinski definition) is 3. The van der Waals surface area contributed by atoms with Crippen LogP contribution in [0.2, 0.25) is 0 Å². The van der Waals surface area contributed by atoms with Crippen LogP contribution in [0.5, 0.6) is 11.5 Å². The summed E-state index contributed by atoms with van der Waals surface area (Å²) in [6.45, 7) is 1.39. The summed E-state index contributed by atoms with van der Waals surface area (Å²) in [6.07, 6.45) is 0.660. The largest absolute Gasteiger partial charge is 0.497 e. The van der Waals surface area contributed by atoms with Gasteiger partial charge in [-0.25, -0.2) is 9.18 Å². The molecule has 2 aromatic carbocycles. The van der Waals surface area contributed by atoms with Gasteiger partial charge in [0, 0.05) is 13.1 Å². The molecule has 0 aliphatic rings. The van der Waals surface area contributed by atoms with E-state index >= 15 is 0 Å². The van der Waals surface area contributed by atoms with Crippen LogP contribution in [-0.2, 0) is 6.54 Å². The first-order chi connectivity index (χ1) is 11.7. The molecule has 2 aromatic rings. The van der Waals surface area contributed by atoms with E-state index in [9.17, 15) is 9.18 Å². The Morgan fingerprint density at radius 2 is 1.67 bits per heavy atom. The minimum Gasteiger partial charge on any atom is -0.497 e. The van der Waals surface area contributed by atoms with E-state index in [1.807, 2.05) is 24.3 Å². The maximum absolute atomic E-state index is 12.7. The van der Waals surface area contributed by atoms with E-state index in [0.717, 1.165) is 11.3 Å². The minimum atomic E-state index is -0.294.